The van der Waals surface area contributed by atoms with Crippen molar-refractivity contribution in [3.63, 3.8) is 0 Å². The molecule has 0 amide bonds. The number of benzene rings is 2. The van der Waals surface area contributed by atoms with Crippen molar-refractivity contribution in [1.29, 1.82) is 0 Å². The molecule has 1 nitrogen and oxygen atoms in total. The number of rotatable bonds is 2. The van der Waals surface area contributed by atoms with Crippen molar-refractivity contribution in [2.75, 3.05) is 0 Å². The first-order valence-electron chi connectivity index (χ1n) is 5.66. The minimum absolute atomic E-state index is 0.141. The van der Waals surface area contributed by atoms with E-state index in [1.807, 2.05) is 13.8 Å². The Morgan fingerprint density at radius 1 is 1.16 bits per heavy atom. The minimum Gasteiger partial charge on any atom is -0.289 e. The summed E-state index contributed by atoms with van der Waals surface area (Å²) in [6.07, 6.45) is 0. The Hall–Kier alpha value is -1.19. The maximum atomic E-state index is 13.2. The van der Waals surface area contributed by atoms with Gasteiger partial charge in [-0.2, -0.15) is 0 Å². The Morgan fingerprint density at radius 2 is 1.84 bits per heavy atom. The van der Waals surface area contributed by atoms with Crippen molar-refractivity contribution in [2.45, 2.75) is 13.8 Å². The fraction of sp³-hybridized carbons (Fsp3) is 0.133. The van der Waals surface area contributed by atoms with Crippen LogP contribution in [0.1, 0.15) is 27.0 Å². The van der Waals surface area contributed by atoms with Crippen LogP contribution in [0.2, 0.25) is 5.02 Å². The highest BCUT2D eigenvalue weighted by molar-refractivity contribution is 9.10. The smallest absolute Gasteiger partial charge is 0.193 e. The van der Waals surface area contributed by atoms with Gasteiger partial charge < -0.3 is 0 Å². The highest BCUT2D eigenvalue weighted by Gasteiger charge is 2.14. The number of halogens is 3. The van der Waals surface area contributed by atoms with Gasteiger partial charge in [0.25, 0.3) is 0 Å². The lowest BCUT2D eigenvalue weighted by Gasteiger charge is -2.08. The maximum Gasteiger partial charge on any atom is 0.193 e. The summed E-state index contributed by atoms with van der Waals surface area (Å²) >= 11 is 9.10. The number of hydrogen-bond acceptors (Lipinski definition) is 1. The molecule has 0 fully saturated rings. The molecule has 98 valence electrons. The fourth-order valence-electron chi connectivity index (χ4n) is 1.82. The lowest BCUT2D eigenvalue weighted by Crippen LogP contribution is -2.05. The van der Waals surface area contributed by atoms with Gasteiger partial charge in [0.1, 0.15) is 5.82 Å². The second-order valence-corrected chi connectivity index (χ2v) is 5.64. The van der Waals surface area contributed by atoms with Gasteiger partial charge in [0.05, 0.1) is 4.47 Å². The van der Waals surface area contributed by atoms with E-state index in [0.717, 1.165) is 11.1 Å². The van der Waals surface area contributed by atoms with Crippen LogP contribution >= 0.6 is 27.5 Å². The van der Waals surface area contributed by atoms with Crippen LogP contribution in [0.5, 0.6) is 0 Å². The average Bonchev–Trinajstić information content (AvgIpc) is 2.36. The molecular weight excluding hydrogens is 331 g/mol. The second-order valence-electron chi connectivity index (χ2n) is 4.37. The maximum absolute atomic E-state index is 13.2. The summed E-state index contributed by atoms with van der Waals surface area (Å²) in [6, 6.07) is 7.77. The van der Waals surface area contributed by atoms with Crippen LogP contribution in [-0.2, 0) is 0 Å². The summed E-state index contributed by atoms with van der Waals surface area (Å²) < 4.78 is 13.5. The molecule has 19 heavy (non-hydrogen) atoms. The van der Waals surface area contributed by atoms with Gasteiger partial charge in [-0.15, -0.1) is 0 Å². The first-order valence-corrected chi connectivity index (χ1v) is 6.83. The van der Waals surface area contributed by atoms with Gasteiger partial charge in [-0.05, 0) is 71.2 Å². The predicted octanol–water partition coefficient (Wildman–Crippen LogP) is 5.09. The summed E-state index contributed by atoms with van der Waals surface area (Å²) in [5, 5.41) is 0.634. The molecule has 0 N–H and O–H groups in total. The Morgan fingerprint density at radius 3 is 2.47 bits per heavy atom. The number of ketones is 1. The Kier molecular flexibility index (Phi) is 4.07. The minimum atomic E-state index is -0.388. The van der Waals surface area contributed by atoms with E-state index in [2.05, 4.69) is 15.9 Å². The zero-order valence-corrected chi connectivity index (χ0v) is 12.8. The summed E-state index contributed by atoms with van der Waals surface area (Å²) in [7, 11) is 0. The standard InChI is InChI=1S/C15H11BrClFO/c1-8-6-13(17)9(2)5-11(8)15(19)10-3-4-14(18)12(16)7-10/h3-7H,1-2H3. The topological polar surface area (TPSA) is 17.1 Å². The van der Waals surface area contributed by atoms with E-state index >= 15 is 0 Å². The highest BCUT2D eigenvalue weighted by Crippen LogP contribution is 2.24. The molecule has 0 heterocycles. The molecule has 2 rings (SSSR count). The first kappa shape index (κ1) is 14.2. The summed E-state index contributed by atoms with van der Waals surface area (Å²) in [6.45, 7) is 3.68. The van der Waals surface area contributed by atoms with E-state index in [1.54, 1.807) is 12.1 Å². The number of carbonyl (C=O) groups excluding carboxylic acids is 1. The van der Waals surface area contributed by atoms with Crippen LogP contribution in [0, 0.1) is 19.7 Å². The molecule has 0 atom stereocenters. The number of hydrogen-bond donors (Lipinski definition) is 0. The van der Waals surface area contributed by atoms with Crippen LogP contribution < -0.4 is 0 Å². The third-order valence-corrected chi connectivity index (χ3v) is 3.95. The van der Waals surface area contributed by atoms with Crippen molar-refractivity contribution in [2.24, 2.45) is 0 Å². The Labute approximate surface area is 124 Å². The van der Waals surface area contributed by atoms with Gasteiger partial charge in [0, 0.05) is 16.1 Å². The van der Waals surface area contributed by atoms with Crippen molar-refractivity contribution in [3.8, 4) is 0 Å². The van der Waals surface area contributed by atoms with Crippen LogP contribution in [0.15, 0.2) is 34.8 Å². The molecule has 0 aliphatic heterocycles. The molecule has 0 aliphatic carbocycles. The Balaban J connectivity index is 2.49. The summed E-state index contributed by atoms with van der Waals surface area (Å²) in [5.74, 6) is -0.529. The predicted molar refractivity (Wildman–Crippen MR) is 78.5 cm³/mol. The molecule has 0 spiro atoms. The SMILES string of the molecule is Cc1cc(C(=O)c2ccc(F)c(Br)c2)c(C)cc1Cl. The van der Waals surface area contributed by atoms with E-state index in [0.29, 0.717) is 16.1 Å². The van der Waals surface area contributed by atoms with Crippen molar-refractivity contribution < 1.29 is 9.18 Å². The molecule has 0 radical (unpaired) electrons. The molecule has 0 saturated heterocycles. The van der Waals surface area contributed by atoms with Gasteiger partial charge in [0.2, 0.25) is 0 Å². The molecule has 2 aromatic rings. The van der Waals surface area contributed by atoms with Crippen molar-refractivity contribution >= 4 is 33.3 Å². The van der Waals surface area contributed by atoms with Gasteiger partial charge in [0.15, 0.2) is 5.78 Å². The third-order valence-electron chi connectivity index (χ3n) is 2.93. The van der Waals surface area contributed by atoms with E-state index in [9.17, 15) is 9.18 Å². The van der Waals surface area contributed by atoms with Gasteiger partial charge in [-0.1, -0.05) is 11.6 Å². The van der Waals surface area contributed by atoms with E-state index in [4.69, 9.17) is 11.6 Å². The van der Waals surface area contributed by atoms with Crippen LogP contribution in [0.4, 0.5) is 4.39 Å². The van der Waals surface area contributed by atoms with Gasteiger partial charge >= 0.3 is 0 Å². The van der Waals surface area contributed by atoms with Crippen LogP contribution in [-0.4, -0.2) is 5.78 Å². The van der Waals surface area contributed by atoms with Crippen molar-refractivity contribution in [3.05, 3.63) is 67.9 Å². The molecule has 2 aromatic carbocycles. The zero-order chi connectivity index (χ0) is 14.2. The molecule has 0 bridgehead atoms. The van der Waals surface area contributed by atoms with Crippen LogP contribution in [0.25, 0.3) is 0 Å². The number of carbonyl (C=O) groups is 1. The third kappa shape index (κ3) is 2.88. The molecule has 4 heteroatoms. The lowest BCUT2D eigenvalue weighted by molar-refractivity contribution is 0.103. The van der Waals surface area contributed by atoms with Gasteiger partial charge in [-0.25, -0.2) is 4.39 Å². The first-order chi connectivity index (χ1) is 8.90. The Bertz CT molecular complexity index is 667. The van der Waals surface area contributed by atoms with E-state index < -0.39 is 0 Å². The molecule has 0 unspecified atom stereocenters. The van der Waals surface area contributed by atoms with Crippen molar-refractivity contribution in [1.82, 2.24) is 0 Å². The molecule has 0 saturated carbocycles. The molecule has 0 aromatic heterocycles. The van der Waals surface area contributed by atoms with E-state index in [-0.39, 0.29) is 16.1 Å². The zero-order valence-electron chi connectivity index (χ0n) is 10.4. The van der Waals surface area contributed by atoms with Gasteiger partial charge in [-0.3, -0.25) is 4.79 Å². The average molecular weight is 342 g/mol. The summed E-state index contributed by atoms with van der Waals surface area (Å²) in [4.78, 5) is 12.4. The fourth-order valence-corrected chi connectivity index (χ4v) is 2.42. The lowest BCUT2D eigenvalue weighted by atomic mass is 9.97. The molecule has 0 aliphatic rings. The largest absolute Gasteiger partial charge is 0.289 e. The van der Waals surface area contributed by atoms with E-state index in [1.165, 1.54) is 18.2 Å². The monoisotopic (exact) mass is 340 g/mol. The second kappa shape index (κ2) is 5.43. The van der Waals surface area contributed by atoms with Crippen LogP contribution in [0.3, 0.4) is 0 Å². The number of aryl methyl sites for hydroxylation is 2. The summed E-state index contributed by atoms with van der Waals surface area (Å²) in [5.41, 5.74) is 2.68. The normalized spacial score (nSPS) is 10.6. The molecular formula is C15H11BrClFO. The highest BCUT2D eigenvalue weighted by atomic mass is 79.9. The quantitative estimate of drug-likeness (QED) is 0.695.